The molecule has 0 radical (unpaired) electrons. The van der Waals surface area contributed by atoms with Crippen molar-refractivity contribution in [3.63, 3.8) is 0 Å². The fourth-order valence-corrected chi connectivity index (χ4v) is 5.54. The molecular weight excluding hydrogens is 456 g/mol. The van der Waals surface area contributed by atoms with E-state index in [0.29, 0.717) is 60.1 Å². The lowest BCUT2D eigenvalue weighted by atomic mass is 10.0. The molecule has 1 aromatic carbocycles. The number of hydrogen-bond donors (Lipinski definition) is 1. The van der Waals surface area contributed by atoms with Crippen molar-refractivity contribution in [2.24, 2.45) is 17.8 Å². The maximum Gasteiger partial charge on any atom is 0.261 e. The topological polar surface area (TPSA) is 81.0 Å². The quantitative estimate of drug-likeness (QED) is 0.554. The highest BCUT2D eigenvalue weighted by Gasteiger charge is 2.56. The van der Waals surface area contributed by atoms with Crippen molar-refractivity contribution in [1.29, 1.82) is 0 Å². The summed E-state index contributed by atoms with van der Waals surface area (Å²) in [7, 11) is 0. The molecule has 1 N–H and O–H groups in total. The minimum Gasteiger partial charge on any atom is -0.491 e. The summed E-state index contributed by atoms with van der Waals surface area (Å²) < 4.78 is 39.2. The zero-order chi connectivity index (χ0) is 24.3. The molecule has 2 fully saturated rings. The number of halogens is 2. The number of piperidine rings is 1. The largest absolute Gasteiger partial charge is 0.491 e. The van der Waals surface area contributed by atoms with E-state index in [0.717, 1.165) is 17.7 Å². The molecule has 0 spiro atoms. The van der Waals surface area contributed by atoms with Gasteiger partial charge in [0.1, 0.15) is 22.7 Å². The van der Waals surface area contributed by atoms with E-state index in [1.807, 2.05) is 30.9 Å². The molecule has 1 amide bonds. The lowest BCUT2D eigenvalue weighted by Gasteiger charge is -2.19. The highest BCUT2D eigenvalue weighted by molar-refractivity contribution is 6.08. The number of carbonyl (C=O) groups is 1. The molecule has 35 heavy (non-hydrogen) atoms. The van der Waals surface area contributed by atoms with E-state index >= 15 is 0 Å². The zero-order valence-electron chi connectivity index (χ0n) is 19.6. The molecule has 6 rings (SSSR count). The van der Waals surface area contributed by atoms with E-state index in [4.69, 9.17) is 9.47 Å². The highest BCUT2D eigenvalue weighted by atomic mass is 19.3. The lowest BCUT2D eigenvalue weighted by molar-refractivity contribution is 0.0900. The Hall–Kier alpha value is -3.27. The van der Waals surface area contributed by atoms with E-state index in [-0.39, 0.29) is 18.1 Å². The third-order valence-electron chi connectivity index (χ3n) is 7.21. The molecule has 184 valence electrons. The van der Waals surface area contributed by atoms with Gasteiger partial charge >= 0.3 is 0 Å². The number of alkyl halides is 2. The fourth-order valence-electron chi connectivity index (χ4n) is 5.54. The summed E-state index contributed by atoms with van der Waals surface area (Å²) in [5, 5.41) is 7.18. The summed E-state index contributed by atoms with van der Waals surface area (Å²) in [6.07, 6.45) is 3.27. The first-order chi connectivity index (χ1) is 16.8. The van der Waals surface area contributed by atoms with Gasteiger partial charge in [0, 0.05) is 49.5 Å². The Balaban J connectivity index is 1.20. The van der Waals surface area contributed by atoms with Crippen LogP contribution in [-0.4, -0.2) is 63.7 Å². The molecule has 3 atom stereocenters. The predicted octanol–water partition coefficient (Wildman–Crippen LogP) is 3.52. The number of rotatable bonds is 7. The first-order valence-electron chi connectivity index (χ1n) is 11.9. The van der Waals surface area contributed by atoms with Gasteiger partial charge in [0.05, 0.1) is 25.0 Å². The molecule has 0 unspecified atom stereocenters. The van der Waals surface area contributed by atoms with E-state index in [9.17, 15) is 13.6 Å². The first kappa shape index (κ1) is 22.2. The number of amides is 1. The number of fused-ring (bicyclic) bond motifs is 3. The van der Waals surface area contributed by atoms with Gasteiger partial charge in [-0.25, -0.2) is 18.3 Å². The number of benzene rings is 1. The number of likely N-dealkylation sites (tertiary alicyclic amines) is 1. The number of aromatic nitrogens is 3. The molecular formula is C25H27F2N5O3. The summed E-state index contributed by atoms with van der Waals surface area (Å²) in [5.41, 5.74) is 2.06. The molecule has 2 aromatic heterocycles. The third-order valence-corrected chi connectivity index (χ3v) is 7.21. The van der Waals surface area contributed by atoms with Crippen LogP contribution >= 0.6 is 0 Å². The van der Waals surface area contributed by atoms with Crippen molar-refractivity contribution >= 4 is 17.2 Å². The molecule has 3 aliphatic rings. The second-order valence-electron chi connectivity index (χ2n) is 10.3. The van der Waals surface area contributed by atoms with Crippen LogP contribution in [0.2, 0.25) is 0 Å². The van der Waals surface area contributed by atoms with Gasteiger partial charge in [-0.05, 0) is 37.8 Å². The minimum absolute atomic E-state index is 0.160. The first-order valence-corrected chi connectivity index (χ1v) is 11.9. The van der Waals surface area contributed by atoms with E-state index in [1.54, 1.807) is 23.0 Å². The normalized spacial score (nSPS) is 24.3. The van der Waals surface area contributed by atoms with Crippen LogP contribution in [-0.2, 0) is 6.42 Å². The molecule has 1 saturated carbocycles. The average Bonchev–Trinajstić information content (AvgIpc) is 3.16. The highest BCUT2D eigenvalue weighted by Crippen LogP contribution is 2.52. The van der Waals surface area contributed by atoms with Gasteiger partial charge in [0.25, 0.3) is 12.3 Å². The van der Waals surface area contributed by atoms with Gasteiger partial charge in [-0.1, -0.05) is 0 Å². The summed E-state index contributed by atoms with van der Waals surface area (Å²) in [4.78, 5) is 19.2. The molecule has 1 saturated heterocycles. The average molecular weight is 484 g/mol. The van der Waals surface area contributed by atoms with Crippen molar-refractivity contribution < 1.29 is 23.0 Å². The fraction of sp³-hybridized carbons (Fsp3) is 0.480. The van der Waals surface area contributed by atoms with Crippen molar-refractivity contribution in [2.75, 3.05) is 31.6 Å². The van der Waals surface area contributed by atoms with E-state index < -0.39 is 6.43 Å². The molecule has 4 heterocycles. The van der Waals surface area contributed by atoms with Gasteiger partial charge in [-0.3, -0.25) is 9.69 Å². The molecule has 10 heteroatoms. The van der Waals surface area contributed by atoms with Crippen molar-refractivity contribution in [2.45, 2.75) is 32.3 Å². The van der Waals surface area contributed by atoms with Crippen LogP contribution < -0.4 is 14.8 Å². The summed E-state index contributed by atoms with van der Waals surface area (Å²) in [5.74, 6) is 2.07. The molecule has 8 nitrogen and oxygen atoms in total. The number of nitrogens with one attached hydrogen (secondary N) is 1. The Kier molecular flexibility index (Phi) is 5.17. The Bertz CT molecular complexity index is 1280. The molecule has 3 aromatic rings. The minimum atomic E-state index is -2.30. The monoisotopic (exact) mass is 483 g/mol. The van der Waals surface area contributed by atoms with Gasteiger partial charge in [-0.2, -0.15) is 5.10 Å². The van der Waals surface area contributed by atoms with Crippen LogP contribution in [0.3, 0.4) is 0 Å². The maximum atomic E-state index is 13.1. The maximum absolute atomic E-state index is 13.1. The third kappa shape index (κ3) is 4.20. The van der Waals surface area contributed by atoms with Crippen molar-refractivity contribution in [3.05, 3.63) is 47.9 Å². The van der Waals surface area contributed by atoms with Crippen LogP contribution in [0.15, 0.2) is 36.8 Å². The Labute approximate surface area is 201 Å². The number of carbonyl (C=O) groups excluding carboxylic acids is 1. The van der Waals surface area contributed by atoms with Gasteiger partial charge in [0.15, 0.2) is 5.65 Å². The van der Waals surface area contributed by atoms with Crippen molar-refractivity contribution in [3.8, 4) is 11.5 Å². The Morgan fingerprint density at radius 3 is 2.89 bits per heavy atom. The van der Waals surface area contributed by atoms with Crippen LogP contribution in [0.4, 0.5) is 14.5 Å². The van der Waals surface area contributed by atoms with Crippen LogP contribution in [0.5, 0.6) is 11.5 Å². The lowest BCUT2D eigenvalue weighted by Crippen LogP contribution is -2.30. The molecule has 2 aliphatic heterocycles. The number of hydrogen-bond acceptors (Lipinski definition) is 6. The molecule has 0 bridgehead atoms. The predicted molar refractivity (Wildman–Crippen MR) is 124 cm³/mol. The van der Waals surface area contributed by atoms with E-state index in [1.165, 1.54) is 6.20 Å². The number of nitrogens with zero attached hydrogens (tertiary/aromatic N) is 4. The van der Waals surface area contributed by atoms with Gasteiger partial charge in [-0.15, -0.1) is 0 Å². The second kappa shape index (κ2) is 8.15. The summed E-state index contributed by atoms with van der Waals surface area (Å²) >= 11 is 0. The second-order valence-corrected chi connectivity index (χ2v) is 10.3. The van der Waals surface area contributed by atoms with E-state index in [2.05, 4.69) is 15.4 Å². The number of ether oxygens (including phenoxy) is 2. The Morgan fingerprint density at radius 1 is 1.31 bits per heavy atom. The standard InChI is InChI=1S/C25H27F2N5O3/c1-25(2)8-14-6-19(30-24(33)15-9-29-32-5-3-4-28-23(15)32)21(7-20(14)35-25)34-13-18-16-10-31(11-17(16)18)12-22(26)27/h3-7,9,16-18,22H,8,10-13H2,1-2H3,(H,30,33)/t16-,17+,18-. The van der Waals surface area contributed by atoms with Crippen LogP contribution in [0.1, 0.15) is 29.8 Å². The van der Waals surface area contributed by atoms with Crippen LogP contribution in [0.25, 0.3) is 5.65 Å². The number of anilines is 1. The smallest absolute Gasteiger partial charge is 0.261 e. The summed E-state index contributed by atoms with van der Waals surface area (Å²) in [6.45, 7) is 5.74. The molecule has 1 aliphatic carbocycles. The van der Waals surface area contributed by atoms with Crippen molar-refractivity contribution in [1.82, 2.24) is 19.5 Å². The Morgan fingerprint density at radius 2 is 2.11 bits per heavy atom. The van der Waals surface area contributed by atoms with Gasteiger partial charge < -0.3 is 14.8 Å². The summed E-state index contributed by atoms with van der Waals surface area (Å²) in [6, 6.07) is 5.50. The SMILES string of the molecule is CC1(C)Cc2cc(NC(=O)c3cnn4cccnc34)c(OC[C@H]3[C@H]4CN(CC(F)F)C[C@@H]34)cc2O1. The van der Waals surface area contributed by atoms with Gasteiger partial charge in [0.2, 0.25) is 0 Å². The zero-order valence-corrected chi connectivity index (χ0v) is 19.6. The van der Waals surface area contributed by atoms with Crippen LogP contribution in [0, 0.1) is 17.8 Å².